The number of aliphatic hydroxyl groups is 1. The van der Waals surface area contributed by atoms with Crippen LogP contribution in [-0.4, -0.2) is 101 Å². The van der Waals surface area contributed by atoms with Crippen LogP contribution in [0.2, 0.25) is 0 Å². The molecule has 0 aromatic heterocycles. The van der Waals surface area contributed by atoms with Gasteiger partial charge in [0.05, 0.1) is 66.0 Å². The van der Waals surface area contributed by atoms with Gasteiger partial charge in [-0.25, -0.2) is 0 Å². The van der Waals surface area contributed by atoms with Crippen LogP contribution in [0.1, 0.15) is 24.8 Å². The summed E-state index contributed by atoms with van der Waals surface area (Å²) in [5.41, 5.74) is 12.1. The first-order chi connectivity index (χ1) is 18.5. The second-order valence-corrected chi connectivity index (χ2v) is 8.16. The maximum atomic E-state index is 12.7. The van der Waals surface area contributed by atoms with Crippen molar-refractivity contribution in [1.29, 1.82) is 0 Å². The van der Waals surface area contributed by atoms with Crippen LogP contribution < -0.4 is 27.4 Å². The summed E-state index contributed by atoms with van der Waals surface area (Å²) in [4.78, 5) is 37.0. The highest BCUT2D eigenvalue weighted by molar-refractivity contribution is 5.97. The molecule has 0 radical (unpaired) electrons. The van der Waals surface area contributed by atoms with Crippen molar-refractivity contribution in [2.24, 2.45) is 11.5 Å². The van der Waals surface area contributed by atoms with Gasteiger partial charge in [0, 0.05) is 18.7 Å². The van der Waals surface area contributed by atoms with E-state index < -0.39 is 17.9 Å². The maximum absolute atomic E-state index is 12.7. The summed E-state index contributed by atoms with van der Waals surface area (Å²) in [6.45, 7) is 3.73. The third kappa shape index (κ3) is 17.0. The van der Waals surface area contributed by atoms with Crippen molar-refractivity contribution in [3.63, 3.8) is 0 Å². The van der Waals surface area contributed by atoms with Crippen molar-refractivity contribution in [1.82, 2.24) is 10.6 Å². The van der Waals surface area contributed by atoms with Crippen LogP contribution in [0, 0.1) is 0 Å². The molecule has 1 aromatic carbocycles. The van der Waals surface area contributed by atoms with Crippen LogP contribution in [0.3, 0.4) is 0 Å². The number of benzene rings is 1. The number of anilines is 1. The molecular formula is C25H43N5O8. The van der Waals surface area contributed by atoms with Crippen molar-refractivity contribution < 1.29 is 38.4 Å². The van der Waals surface area contributed by atoms with E-state index in [0.717, 1.165) is 0 Å². The molecule has 0 fully saturated rings. The molecular weight excluding hydrogens is 498 g/mol. The molecule has 216 valence electrons. The summed E-state index contributed by atoms with van der Waals surface area (Å²) >= 11 is 0. The van der Waals surface area contributed by atoms with E-state index in [1.165, 1.54) is 0 Å². The lowest BCUT2D eigenvalue weighted by Crippen LogP contribution is -2.47. The van der Waals surface area contributed by atoms with Crippen molar-refractivity contribution in [2.45, 2.75) is 31.9 Å². The van der Waals surface area contributed by atoms with E-state index in [1.807, 2.05) is 0 Å². The number of hydrogen-bond donors (Lipinski definition) is 6. The van der Waals surface area contributed by atoms with Gasteiger partial charge in [-0.15, -0.1) is 0 Å². The van der Waals surface area contributed by atoms with E-state index in [0.29, 0.717) is 83.4 Å². The number of hydrogen-bond acceptors (Lipinski definition) is 10. The minimum absolute atomic E-state index is 0.0834. The van der Waals surface area contributed by atoms with E-state index in [2.05, 4.69) is 16.0 Å². The monoisotopic (exact) mass is 541 g/mol. The minimum Gasteiger partial charge on any atom is -0.392 e. The Bertz CT molecular complexity index is 782. The van der Waals surface area contributed by atoms with Crippen LogP contribution in [0.25, 0.3) is 0 Å². The summed E-state index contributed by atoms with van der Waals surface area (Å²) in [5, 5.41) is 17.0. The molecule has 0 aliphatic rings. The first-order valence-corrected chi connectivity index (χ1v) is 12.8. The lowest BCUT2D eigenvalue weighted by molar-refractivity contribution is -0.128. The predicted octanol–water partition coefficient (Wildman–Crippen LogP) is -1.13. The molecule has 0 spiro atoms. The Morgan fingerprint density at radius 2 is 1.37 bits per heavy atom. The molecule has 0 aliphatic heterocycles. The Balaban J connectivity index is 2.17. The van der Waals surface area contributed by atoms with Gasteiger partial charge in [-0.3, -0.25) is 14.4 Å². The minimum atomic E-state index is -0.807. The zero-order valence-electron chi connectivity index (χ0n) is 22.0. The number of amides is 3. The van der Waals surface area contributed by atoms with E-state index in [-0.39, 0.29) is 32.1 Å². The molecule has 38 heavy (non-hydrogen) atoms. The number of rotatable bonds is 23. The van der Waals surface area contributed by atoms with Crippen LogP contribution in [0.5, 0.6) is 0 Å². The van der Waals surface area contributed by atoms with Crippen molar-refractivity contribution in [2.75, 3.05) is 77.8 Å². The van der Waals surface area contributed by atoms with E-state index >= 15 is 0 Å². The summed E-state index contributed by atoms with van der Waals surface area (Å²) in [7, 11) is 0. The Hall–Kier alpha value is -2.65. The third-order valence-corrected chi connectivity index (χ3v) is 5.05. The Labute approximate surface area is 223 Å². The second kappa shape index (κ2) is 22.3. The van der Waals surface area contributed by atoms with Gasteiger partial charge in [-0.1, -0.05) is 12.1 Å². The molecule has 0 heterocycles. The normalized spacial score (nSPS) is 11.7. The fourth-order valence-corrected chi connectivity index (χ4v) is 3.04. The van der Waals surface area contributed by atoms with Gasteiger partial charge in [0.25, 0.3) is 0 Å². The van der Waals surface area contributed by atoms with Gasteiger partial charge in [0.1, 0.15) is 6.04 Å². The van der Waals surface area contributed by atoms with E-state index in [1.54, 1.807) is 24.3 Å². The molecule has 1 rings (SSSR count). The number of aliphatic hydroxyl groups excluding tert-OH is 1. The van der Waals surface area contributed by atoms with Gasteiger partial charge >= 0.3 is 0 Å². The average Bonchev–Trinajstić information content (AvgIpc) is 2.92. The largest absolute Gasteiger partial charge is 0.392 e. The Kier molecular flexibility index (Phi) is 19.6. The number of nitrogens with one attached hydrogen (secondary N) is 3. The number of nitrogens with two attached hydrogens (primary N) is 2. The summed E-state index contributed by atoms with van der Waals surface area (Å²) < 4.78 is 21.2. The standard InChI is InChI=1S/C25H43N5O8/c26-8-1-2-22(25(34)29-21-5-3-20(19-31)4-6-21)30-24(33)18-28-23(32)7-10-35-12-14-37-16-17-38-15-13-36-11-9-27/h3-6,22,31H,1-2,7-19,26-27H2,(H,28,32)(H,29,34)(H,30,33)/t22-/m1/s1. The first kappa shape index (κ1) is 33.4. The summed E-state index contributed by atoms with van der Waals surface area (Å²) in [6.07, 6.45) is 0.967. The molecule has 0 saturated carbocycles. The first-order valence-electron chi connectivity index (χ1n) is 12.8. The second-order valence-electron chi connectivity index (χ2n) is 8.16. The van der Waals surface area contributed by atoms with Gasteiger partial charge in [0.2, 0.25) is 17.7 Å². The smallest absolute Gasteiger partial charge is 0.246 e. The van der Waals surface area contributed by atoms with Crippen molar-refractivity contribution in [3.05, 3.63) is 29.8 Å². The number of carbonyl (C=O) groups excluding carboxylic acids is 3. The molecule has 1 aromatic rings. The molecule has 13 heteroatoms. The fourth-order valence-electron chi connectivity index (χ4n) is 3.04. The molecule has 0 aliphatic carbocycles. The Morgan fingerprint density at radius 1 is 0.789 bits per heavy atom. The van der Waals surface area contributed by atoms with Gasteiger partial charge in [0.15, 0.2) is 0 Å². The lowest BCUT2D eigenvalue weighted by Gasteiger charge is -2.18. The Morgan fingerprint density at radius 3 is 1.92 bits per heavy atom. The molecule has 0 unspecified atom stereocenters. The summed E-state index contributed by atoms with van der Waals surface area (Å²) in [6, 6.07) is 5.90. The molecule has 8 N–H and O–H groups in total. The van der Waals surface area contributed by atoms with Crippen LogP contribution >= 0.6 is 0 Å². The number of ether oxygens (including phenoxy) is 4. The zero-order valence-corrected chi connectivity index (χ0v) is 22.0. The lowest BCUT2D eigenvalue weighted by atomic mass is 10.1. The molecule has 0 bridgehead atoms. The van der Waals surface area contributed by atoms with E-state index in [9.17, 15) is 14.4 Å². The molecule has 1 atom stereocenters. The third-order valence-electron chi connectivity index (χ3n) is 5.05. The van der Waals surface area contributed by atoms with Crippen LogP contribution in [-0.2, 0) is 39.9 Å². The highest BCUT2D eigenvalue weighted by atomic mass is 16.6. The highest BCUT2D eigenvalue weighted by Gasteiger charge is 2.20. The molecule has 13 nitrogen and oxygen atoms in total. The van der Waals surface area contributed by atoms with Crippen molar-refractivity contribution in [3.8, 4) is 0 Å². The van der Waals surface area contributed by atoms with Crippen molar-refractivity contribution >= 4 is 23.4 Å². The van der Waals surface area contributed by atoms with E-state index in [4.69, 9.17) is 35.5 Å². The average molecular weight is 542 g/mol. The van der Waals surface area contributed by atoms with Crippen LogP contribution in [0.4, 0.5) is 5.69 Å². The SMILES string of the molecule is NCCC[C@@H](NC(=O)CNC(=O)CCOCCOCCOCCOCCN)C(=O)Nc1ccc(CO)cc1. The zero-order chi connectivity index (χ0) is 27.8. The van der Waals surface area contributed by atoms with Gasteiger partial charge in [-0.2, -0.15) is 0 Å². The highest BCUT2D eigenvalue weighted by Crippen LogP contribution is 2.11. The van der Waals surface area contributed by atoms with Crippen LogP contribution in [0.15, 0.2) is 24.3 Å². The predicted molar refractivity (Wildman–Crippen MR) is 141 cm³/mol. The summed E-state index contributed by atoms with van der Waals surface area (Å²) in [5.74, 6) is -1.24. The quantitative estimate of drug-likeness (QED) is 0.0923. The topological polar surface area (TPSA) is 196 Å². The molecule has 3 amide bonds. The maximum Gasteiger partial charge on any atom is 0.246 e. The number of carbonyl (C=O) groups is 3. The fraction of sp³-hybridized carbons (Fsp3) is 0.640. The van der Waals surface area contributed by atoms with Gasteiger partial charge in [-0.05, 0) is 37.1 Å². The molecule has 0 saturated heterocycles. The van der Waals surface area contributed by atoms with Gasteiger partial charge < -0.3 is 51.5 Å².